The number of carbonyl (C=O) groups is 2. The summed E-state index contributed by atoms with van der Waals surface area (Å²) < 4.78 is 13.0. The number of nitrogens with one attached hydrogen (secondary N) is 3. The predicted octanol–water partition coefficient (Wildman–Crippen LogP) is 4.11. The third kappa shape index (κ3) is 5.67. The Balaban J connectivity index is 1.66. The van der Waals surface area contributed by atoms with Crippen LogP contribution in [0.2, 0.25) is 0 Å². The van der Waals surface area contributed by atoms with Crippen LogP contribution in [-0.2, 0) is 0 Å². The SMILES string of the molecule is O=C(Nc1ccc(F)cc1)c1cccc(NC(=S)NC(=O)c2ccccc2[N+](=O)[O-])c1. The van der Waals surface area contributed by atoms with Crippen molar-refractivity contribution in [2.45, 2.75) is 0 Å². The molecule has 0 spiro atoms. The van der Waals surface area contributed by atoms with Crippen LogP contribution < -0.4 is 16.0 Å². The number of thiocarbonyl (C=S) groups is 1. The van der Waals surface area contributed by atoms with Crippen LogP contribution in [0, 0.1) is 15.9 Å². The minimum Gasteiger partial charge on any atom is -0.332 e. The smallest absolute Gasteiger partial charge is 0.282 e. The number of carbonyl (C=O) groups excluding carboxylic acids is 2. The van der Waals surface area contributed by atoms with Gasteiger partial charge in [0.05, 0.1) is 4.92 Å². The Kier molecular flexibility index (Phi) is 6.63. The molecule has 0 heterocycles. The van der Waals surface area contributed by atoms with E-state index in [1.165, 1.54) is 54.6 Å². The van der Waals surface area contributed by atoms with Crippen molar-refractivity contribution in [2.75, 3.05) is 10.6 Å². The Morgan fingerprint density at radius 3 is 2.29 bits per heavy atom. The molecule has 0 saturated heterocycles. The van der Waals surface area contributed by atoms with Crippen molar-refractivity contribution < 1.29 is 18.9 Å². The lowest BCUT2D eigenvalue weighted by molar-refractivity contribution is -0.385. The highest BCUT2D eigenvalue weighted by Crippen LogP contribution is 2.18. The first-order valence-electron chi connectivity index (χ1n) is 8.86. The lowest BCUT2D eigenvalue weighted by Gasteiger charge is -2.11. The Morgan fingerprint density at radius 1 is 0.871 bits per heavy atom. The Labute approximate surface area is 181 Å². The van der Waals surface area contributed by atoms with E-state index in [9.17, 15) is 24.1 Å². The van der Waals surface area contributed by atoms with E-state index in [2.05, 4.69) is 16.0 Å². The molecule has 0 aliphatic rings. The molecule has 3 aromatic carbocycles. The summed E-state index contributed by atoms with van der Waals surface area (Å²) in [4.78, 5) is 35.2. The third-order valence-electron chi connectivity index (χ3n) is 4.06. The molecular weight excluding hydrogens is 423 g/mol. The molecule has 31 heavy (non-hydrogen) atoms. The Hall–Kier alpha value is -4.18. The maximum Gasteiger partial charge on any atom is 0.282 e. The van der Waals surface area contributed by atoms with Gasteiger partial charge in [-0.15, -0.1) is 0 Å². The van der Waals surface area contributed by atoms with Gasteiger partial charge in [-0.1, -0.05) is 18.2 Å². The molecule has 3 rings (SSSR count). The number of para-hydroxylation sites is 1. The highest BCUT2D eigenvalue weighted by atomic mass is 32.1. The van der Waals surface area contributed by atoms with E-state index in [1.807, 2.05) is 0 Å². The van der Waals surface area contributed by atoms with E-state index in [0.717, 1.165) is 0 Å². The second-order valence-corrected chi connectivity index (χ2v) is 6.63. The summed E-state index contributed by atoms with van der Waals surface area (Å²) in [5.74, 6) is -1.58. The predicted molar refractivity (Wildman–Crippen MR) is 118 cm³/mol. The summed E-state index contributed by atoms with van der Waals surface area (Å²) in [5.41, 5.74) is 0.658. The van der Waals surface area contributed by atoms with Crippen LogP contribution in [0.5, 0.6) is 0 Å². The second kappa shape index (κ2) is 9.55. The van der Waals surface area contributed by atoms with Crippen LogP contribution in [-0.4, -0.2) is 21.9 Å². The molecule has 10 heteroatoms. The van der Waals surface area contributed by atoms with Crippen LogP contribution in [0.1, 0.15) is 20.7 Å². The van der Waals surface area contributed by atoms with Crippen LogP contribution in [0.3, 0.4) is 0 Å². The zero-order valence-corrected chi connectivity index (χ0v) is 16.6. The number of halogens is 1. The van der Waals surface area contributed by atoms with Crippen LogP contribution in [0.25, 0.3) is 0 Å². The van der Waals surface area contributed by atoms with Crippen LogP contribution in [0.4, 0.5) is 21.5 Å². The molecule has 0 aliphatic heterocycles. The molecule has 0 saturated carbocycles. The molecule has 3 aromatic rings. The van der Waals surface area contributed by atoms with Gasteiger partial charge in [-0.25, -0.2) is 4.39 Å². The Morgan fingerprint density at radius 2 is 1.58 bits per heavy atom. The molecule has 8 nitrogen and oxygen atoms in total. The Bertz CT molecular complexity index is 1170. The summed E-state index contributed by atoms with van der Waals surface area (Å²) in [6.07, 6.45) is 0. The van der Waals surface area contributed by atoms with E-state index in [-0.39, 0.29) is 16.4 Å². The van der Waals surface area contributed by atoms with Gasteiger partial charge in [0, 0.05) is 23.0 Å². The quantitative estimate of drug-likeness (QED) is 0.314. The second-order valence-electron chi connectivity index (χ2n) is 6.22. The van der Waals surface area contributed by atoms with Gasteiger partial charge in [0.1, 0.15) is 11.4 Å². The van der Waals surface area contributed by atoms with Crippen molar-refractivity contribution in [1.29, 1.82) is 0 Å². The van der Waals surface area contributed by atoms with Crippen molar-refractivity contribution in [3.8, 4) is 0 Å². The van der Waals surface area contributed by atoms with E-state index >= 15 is 0 Å². The fraction of sp³-hybridized carbons (Fsp3) is 0. The van der Waals surface area contributed by atoms with Crippen LogP contribution >= 0.6 is 12.2 Å². The maximum atomic E-state index is 13.0. The summed E-state index contributed by atoms with van der Waals surface area (Å²) in [7, 11) is 0. The largest absolute Gasteiger partial charge is 0.332 e. The summed E-state index contributed by atoms with van der Waals surface area (Å²) in [6.45, 7) is 0. The van der Waals surface area contributed by atoms with Gasteiger partial charge in [0.15, 0.2) is 5.11 Å². The number of hydrogen-bond donors (Lipinski definition) is 3. The first-order valence-corrected chi connectivity index (χ1v) is 9.27. The monoisotopic (exact) mass is 438 g/mol. The number of hydrogen-bond acceptors (Lipinski definition) is 5. The van der Waals surface area contributed by atoms with Gasteiger partial charge in [0.2, 0.25) is 0 Å². The first-order chi connectivity index (χ1) is 14.8. The molecule has 0 unspecified atom stereocenters. The van der Waals surface area contributed by atoms with E-state index in [0.29, 0.717) is 16.9 Å². The lowest BCUT2D eigenvalue weighted by atomic mass is 10.1. The zero-order chi connectivity index (χ0) is 22.4. The topological polar surface area (TPSA) is 113 Å². The molecule has 156 valence electrons. The van der Waals surface area contributed by atoms with Crippen molar-refractivity contribution in [3.05, 3.63) is 99.9 Å². The van der Waals surface area contributed by atoms with Crippen molar-refractivity contribution >= 4 is 46.2 Å². The number of anilines is 2. The number of nitro benzene ring substituents is 1. The average Bonchev–Trinajstić information content (AvgIpc) is 2.75. The fourth-order valence-corrected chi connectivity index (χ4v) is 2.84. The number of nitrogens with zero attached hydrogens (tertiary/aromatic N) is 1. The normalized spacial score (nSPS) is 10.1. The zero-order valence-electron chi connectivity index (χ0n) is 15.8. The number of nitro groups is 1. The molecule has 0 aromatic heterocycles. The molecule has 0 radical (unpaired) electrons. The molecule has 0 fully saturated rings. The minimum absolute atomic E-state index is 0.0979. The van der Waals surface area contributed by atoms with Crippen molar-refractivity contribution in [3.63, 3.8) is 0 Å². The summed E-state index contributed by atoms with van der Waals surface area (Å²) in [5, 5.41) is 18.7. The van der Waals surface area contributed by atoms with Gasteiger partial charge in [0.25, 0.3) is 17.5 Å². The molecule has 0 atom stereocenters. The molecular formula is C21H15FN4O4S. The standard InChI is InChI=1S/C21H15FN4O4S/c22-14-8-10-15(11-9-14)23-19(27)13-4-3-5-16(12-13)24-21(31)25-20(28)17-6-1-2-7-18(17)26(29)30/h1-12H,(H,23,27)(H2,24,25,28,31). The van der Waals surface area contributed by atoms with E-state index < -0.39 is 22.6 Å². The summed E-state index contributed by atoms with van der Waals surface area (Å²) >= 11 is 5.10. The summed E-state index contributed by atoms with van der Waals surface area (Å²) in [6, 6.07) is 17.1. The van der Waals surface area contributed by atoms with Gasteiger partial charge in [-0.3, -0.25) is 25.0 Å². The van der Waals surface area contributed by atoms with Crippen molar-refractivity contribution in [1.82, 2.24) is 5.32 Å². The van der Waals surface area contributed by atoms with E-state index in [4.69, 9.17) is 12.2 Å². The maximum absolute atomic E-state index is 13.0. The van der Waals surface area contributed by atoms with E-state index in [1.54, 1.807) is 18.2 Å². The van der Waals surface area contributed by atoms with Gasteiger partial charge in [-0.2, -0.15) is 0 Å². The molecule has 3 N–H and O–H groups in total. The third-order valence-corrected chi connectivity index (χ3v) is 4.26. The fourth-order valence-electron chi connectivity index (χ4n) is 2.63. The van der Waals surface area contributed by atoms with Gasteiger partial charge in [-0.05, 0) is 60.7 Å². The highest BCUT2D eigenvalue weighted by Gasteiger charge is 2.20. The average molecular weight is 438 g/mol. The number of amides is 2. The van der Waals surface area contributed by atoms with Crippen molar-refractivity contribution in [2.24, 2.45) is 0 Å². The van der Waals surface area contributed by atoms with Gasteiger partial charge < -0.3 is 10.6 Å². The lowest BCUT2D eigenvalue weighted by Crippen LogP contribution is -2.34. The van der Waals surface area contributed by atoms with Crippen LogP contribution in [0.15, 0.2) is 72.8 Å². The molecule has 2 amide bonds. The molecule has 0 bridgehead atoms. The highest BCUT2D eigenvalue weighted by molar-refractivity contribution is 7.80. The number of benzene rings is 3. The minimum atomic E-state index is -0.741. The first kappa shape index (κ1) is 21.5. The number of rotatable bonds is 5. The van der Waals surface area contributed by atoms with Gasteiger partial charge >= 0.3 is 0 Å². The molecule has 0 aliphatic carbocycles.